The molecule has 0 amide bonds. The normalized spacial score (nSPS) is 17.4. The second-order valence-electron chi connectivity index (χ2n) is 5.86. The van der Waals surface area contributed by atoms with E-state index in [1.165, 1.54) is 0 Å². The van der Waals surface area contributed by atoms with Crippen LogP contribution < -0.4 is 4.74 Å². The summed E-state index contributed by atoms with van der Waals surface area (Å²) < 4.78 is 7.65. The van der Waals surface area contributed by atoms with Crippen molar-refractivity contribution in [3.63, 3.8) is 0 Å². The Morgan fingerprint density at radius 2 is 1.81 bits per heavy atom. The van der Waals surface area contributed by atoms with E-state index in [9.17, 15) is 0 Å². The van der Waals surface area contributed by atoms with Gasteiger partial charge in [-0.3, -0.25) is 0 Å². The van der Waals surface area contributed by atoms with E-state index >= 15 is 0 Å². The van der Waals surface area contributed by atoms with Gasteiger partial charge in [0.15, 0.2) is 0 Å². The van der Waals surface area contributed by atoms with Gasteiger partial charge in [0.25, 0.3) is 0 Å². The molecule has 1 atom stereocenters. The summed E-state index contributed by atoms with van der Waals surface area (Å²) in [4.78, 5) is 5.61. The molecule has 0 aliphatic carbocycles. The van der Waals surface area contributed by atoms with Crippen molar-refractivity contribution in [1.29, 1.82) is 0 Å². The number of oxime groups is 1. The molecule has 0 fully saturated rings. The van der Waals surface area contributed by atoms with Crippen LogP contribution in [-0.4, -0.2) is 27.1 Å². The third-order valence-corrected chi connectivity index (χ3v) is 4.95. The van der Waals surface area contributed by atoms with E-state index in [1.807, 2.05) is 10.6 Å². The zero-order chi connectivity index (χ0) is 18.8. The zero-order valence-corrected chi connectivity index (χ0v) is 16.1. The third kappa shape index (κ3) is 3.88. The van der Waals surface area contributed by atoms with E-state index in [0.29, 0.717) is 33.1 Å². The van der Waals surface area contributed by atoms with Crippen LogP contribution in [0.5, 0.6) is 5.75 Å². The van der Waals surface area contributed by atoms with Gasteiger partial charge in [-0.1, -0.05) is 46.0 Å². The molecule has 138 valence electrons. The summed E-state index contributed by atoms with van der Waals surface area (Å²) in [5.74, 6) is 0.652. The maximum atomic E-state index is 6.19. The van der Waals surface area contributed by atoms with E-state index in [2.05, 4.69) is 15.4 Å². The number of benzene rings is 2. The van der Waals surface area contributed by atoms with Gasteiger partial charge in [-0.2, -0.15) is 0 Å². The molecule has 0 radical (unpaired) electrons. The Kier molecular flexibility index (Phi) is 5.20. The highest BCUT2D eigenvalue weighted by atomic mass is 35.5. The average molecular weight is 424 g/mol. The third-order valence-electron chi connectivity index (χ3n) is 4.13. The Labute approximate surface area is 170 Å². The quantitative estimate of drug-likeness (QED) is 0.566. The van der Waals surface area contributed by atoms with E-state index in [0.717, 1.165) is 11.1 Å². The summed E-state index contributed by atoms with van der Waals surface area (Å²) in [5.41, 5.74) is 2.28. The van der Waals surface area contributed by atoms with Crippen LogP contribution in [-0.2, 0) is 11.4 Å². The van der Waals surface area contributed by atoms with Crippen LogP contribution in [0.1, 0.15) is 17.2 Å². The predicted octanol–water partition coefficient (Wildman–Crippen LogP) is 4.79. The van der Waals surface area contributed by atoms with Gasteiger partial charge in [-0.25, -0.2) is 0 Å². The lowest BCUT2D eigenvalue weighted by molar-refractivity contribution is 0.127. The van der Waals surface area contributed by atoms with Gasteiger partial charge in [0.05, 0.1) is 0 Å². The Morgan fingerprint density at radius 3 is 2.59 bits per heavy atom. The summed E-state index contributed by atoms with van der Waals surface area (Å²) in [6.07, 6.45) is 3.22. The molecule has 9 heteroatoms. The molecule has 1 aliphatic rings. The largest absolute Gasteiger partial charge is 0.490 e. The van der Waals surface area contributed by atoms with Crippen molar-refractivity contribution in [3.8, 4) is 5.75 Å². The molecule has 4 rings (SSSR count). The van der Waals surface area contributed by atoms with Crippen LogP contribution in [0.4, 0.5) is 0 Å². The van der Waals surface area contributed by atoms with Crippen molar-refractivity contribution in [1.82, 2.24) is 14.8 Å². The molecule has 27 heavy (non-hydrogen) atoms. The maximum Gasteiger partial charge on any atom is 0.143 e. The monoisotopic (exact) mass is 422 g/mol. The maximum absolute atomic E-state index is 6.19. The van der Waals surface area contributed by atoms with E-state index in [1.54, 1.807) is 43.0 Å². The highest BCUT2D eigenvalue weighted by Crippen LogP contribution is 2.32. The lowest BCUT2D eigenvalue weighted by Crippen LogP contribution is -2.31. The fourth-order valence-electron chi connectivity index (χ4n) is 2.77. The van der Waals surface area contributed by atoms with Gasteiger partial charge in [-0.15, -0.1) is 10.2 Å². The van der Waals surface area contributed by atoms with Gasteiger partial charge in [-0.05, 0) is 30.3 Å². The fraction of sp³-hybridized carbons (Fsp3) is 0.167. The summed E-state index contributed by atoms with van der Waals surface area (Å²) in [7, 11) is 0. The molecule has 1 aliphatic heterocycles. The number of fused-ring (bicyclic) bond motifs is 1. The standard InChI is InChI=1S/C18H13Cl3N4O2/c19-12-2-1-11(15(21)5-12)7-27-24-18-14-4-3-13(20)6-17(14)26-8-16(18)25-9-22-23-10-25/h1-6,9-10,16H,7-8H2/b24-18+. The lowest BCUT2D eigenvalue weighted by atomic mass is 10.00. The number of aromatic nitrogens is 3. The Balaban J connectivity index is 1.64. The summed E-state index contributed by atoms with van der Waals surface area (Å²) in [6, 6.07) is 10.4. The summed E-state index contributed by atoms with van der Waals surface area (Å²) in [6.45, 7) is 0.563. The molecule has 6 nitrogen and oxygen atoms in total. The molecule has 2 aromatic carbocycles. The van der Waals surface area contributed by atoms with E-state index in [4.69, 9.17) is 44.4 Å². The van der Waals surface area contributed by atoms with Gasteiger partial charge < -0.3 is 14.1 Å². The van der Waals surface area contributed by atoms with Crippen LogP contribution in [0.2, 0.25) is 15.1 Å². The number of nitrogens with zero attached hydrogens (tertiary/aromatic N) is 4. The zero-order valence-electron chi connectivity index (χ0n) is 13.8. The molecule has 0 saturated heterocycles. The topological polar surface area (TPSA) is 61.5 Å². The second kappa shape index (κ2) is 7.76. The minimum Gasteiger partial charge on any atom is -0.490 e. The first-order chi connectivity index (χ1) is 13.1. The molecule has 1 aromatic heterocycles. The average Bonchev–Trinajstić information content (AvgIpc) is 3.17. The van der Waals surface area contributed by atoms with Gasteiger partial charge in [0.1, 0.15) is 43.4 Å². The Hall–Kier alpha value is -2.28. The number of hydrogen-bond donors (Lipinski definition) is 0. The van der Waals surface area contributed by atoms with Crippen LogP contribution in [0, 0.1) is 0 Å². The molecule has 3 aromatic rings. The molecule has 1 unspecified atom stereocenters. The van der Waals surface area contributed by atoms with Gasteiger partial charge in [0.2, 0.25) is 0 Å². The molecule has 2 heterocycles. The smallest absolute Gasteiger partial charge is 0.143 e. The highest BCUT2D eigenvalue weighted by molar-refractivity contribution is 6.35. The second-order valence-corrected chi connectivity index (χ2v) is 7.14. The van der Waals surface area contributed by atoms with Crippen molar-refractivity contribution in [3.05, 3.63) is 75.2 Å². The van der Waals surface area contributed by atoms with E-state index < -0.39 is 0 Å². The summed E-state index contributed by atoms with van der Waals surface area (Å²) in [5, 5.41) is 13.8. The molecule has 0 N–H and O–H groups in total. The SMILES string of the molecule is Clc1ccc(CO/N=C2\c3ccc(Cl)cc3OCC2n2cnnc2)c(Cl)c1. The Morgan fingerprint density at radius 1 is 1.07 bits per heavy atom. The van der Waals surface area contributed by atoms with Gasteiger partial charge >= 0.3 is 0 Å². The van der Waals surface area contributed by atoms with Crippen molar-refractivity contribution in [2.75, 3.05) is 6.61 Å². The number of hydrogen-bond acceptors (Lipinski definition) is 5. The Bertz CT molecular complexity index is 992. The number of ether oxygens (including phenoxy) is 1. The van der Waals surface area contributed by atoms with Crippen LogP contribution in [0.3, 0.4) is 0 Å². The molecular formula is C18H13Cl3N4O2. The molecule has 0 saturated carbocycles. The lowest BCUT2D eigenvalue weighted by Gasteiger charge is -2.27. The highest BCUT2D eigenvalue weighted by Gasteiger charge is 2.29. The minimum atomic E-state index is -0.227. The number of halogens is 3. The van der Waals surface area contributed by atoms with Gasteiger partial charge in [0, 0.05) is 26.2 Å². The predicted molar refractivity (Wildman–Crippen MR) is 104 cm³/mol. The van der Waals surface area contributed by atoms with Crippen LogP contribution in [0.15, 0.2) is 54.2 Å². The van der Waals surface area contributed by atoms with Crippen molar-refractivity contribution >= 4 is 40.5 Å². The molecule has 0 spiro atoms. The first kappa shape index (κ1) is 18.1. The van der Waals surface area contributed by atoms with E-state index in [-0.39, 0.29) is 12.6 Å². The minimum absolute atomic E-state index is 0.207. The van der Waals surface area contributed by atoms with Crippen molar-refractivity contribution in [2.45, 2.75) is 12.6 Å². The first-order valence-corrected chi connectivity index (χ1v) is 9.16. The summed E-state index contributed by atoms with van der Waals surface area (Å²) >= 11 is 18.2. The van der Waals surface area contributed by atoms with Crippen molar-refractivity contribution < 1.29 is 9.57 Å². The van der Waals surface area contributed by atoms with Crippen LogP contribution >= 0.6 is 34.8 Å². The fourth-order valence-corrected chi connectivity index (χ4v) is 3.40. The number of rotatable bonds is 4. The van der Waals surface area contributed by atoms with Crippen LogP contribution in [0.25, 0.3) is 0 Å². The first-order valence-electron chi connectivity index (χ1n) is 8.02. The van der Waals surface area contributed by atoms with Crippen molar-refractivity contribution in [2.24, 2.45) is 5.16 Å². The molecular weight excluding hydrogens is 411 g/mol. The molecule has 0 bridgehead atoms.